The first-order valence-corrected chi connectivity index (χ1v) is 12.1. The highest BCUT2D eigenvalue weighted by Crippen LogP contribution is 2.44. The van der Waals surface area contributed by atoms with Crippen LogP contribution in [0.5, 0.6) is 0 Å². The Kier molecular flexibility index (Phi) is 7.70. The van der Waals surface area contributed by atoms with Crippen LogP contribution in [0.4, 0.5) is 4.79 Å². The lowest BCUT2D eigenvalue weighted by molar-refractivity contribution is -0.146. The Labute approximate surface area is 205 Å². The van der Waals surface area contributed by atoms with Crippen LogP contribution in [0, 0.1) is 5.92 Å². The zero-order valence-corrected chi connectivity index (χ0v) is 20.1. The molecule has 1 saturated heterocycles. The molecule has 0 bridgehead atoms. The summed E-state index contributed by atoms with van der Waals surface area (Å²) in [5, 5.41) is 11.9. The SMILES string of the molecule is CCN(C(=O)[C@@H]1OCC[C@@H]1CNC(=O)OCC1c2ccccc2-c2ccccc21)C(C)CC(=O)O. The molecule has 1 aliphatic carbocycles. The number of amides is 2. The van der Waals surface area contributed by atoms with Gasteiger partial charge in [-0.25, -0.2) is 4.79 Å². The number of fused-ring (bicyclic) bond motifs is 3. The van der Waals surface area contributed by atoms with E-state index >= 15 is 0 Å². The van der Waals surface area contributed by atoms with E-state index in [2.05, 4.69) is 29.6 Å². The summed E-state index contributed by atoms with van der Waals surface area (Å²) in [5.74, 6) is -1.41. The number of carboxylic acid groups (broad SMARTS) is 1. The highest BCUT2D eigenvalue weighted by atomic mass is 16.5. The maximum absolute atomic E-state index is 13.1. The molecule has 1 aliphatic heterocycles. The molecule has 0 aromatic heterocycles. The molecule has 35 heavy (non-hydrogen) atoms. The van der Waals surface area contributed by atoms with Gasteiger partial charge in [0.15, 0.2) is 0 Å². The van der Waals surface area contributed by atoms with Crippen molar-refractivity contribution >= 4 is 18.0 Å². The van der Waals surface area contributed by atoms with Crippen molar-refractivity contribution in [1.82, 2.24) is 10.2 Å². The van der Waals surface area contributed by atoms with E-state index in [-0.39, 0.29) is 37.3 Å². The second-order valence-corrected chi connectivity index (χ2v) is 9.12. The third kappa shape index (κ3) is 5.32. The van der Waals surface area contributed by atoms with E-state index in [0.717, 1.165) is 11.1 Å². The van der Waals surface area contributed by atoms with Crippen molar-refractivity contribution in [2.75, 3.05) is 26.3 Å². The number of nitrogens with zero attached hydrogens (tertiary/aromatic N) is 1. The molecule has 1 fully saturated rings. The molecule has 0 saturated carbocycles. The van der Waals surface area contributed by atoms with Gasteiger partial charge in [-0.15, -0.1) is 0 Å². The number of aliphatic carboxylic acids is 1. The molecule has 1 heterocycles. The highest BCUT2D eigenvalue weighted by molar-refractivity contribution is 5.83. The fraction of sp³-hybridized carbons (Fsp3) is 0.444. The number of benzene rings is 2. The highest BCUT2D eigenvalue weighted by Gasteiger charge is 2.38. The quantitative estimate of drug-likeness (QED) is 0.568. The van der Waals surface area contributed by atoms with Crippen LogP contribution < -0.4 is 5.32 Å². The molecule has 8 nitrogen and oxygen atoms in total. The summed E-state index contributed by atoms with van der Waals surface area (Å²) < 4.78 is 11.3. The number of ether oxygens (including phenoxy) is 2. The van der Waals surface area contributed by atoms with Gasteiger partial charge >= 0.3 is 12.1 Å². The van der Waals surface area contributed by atoms with Crippen LogP contribution in [0.15, 0.2) is 48.5 Å². The van der Waals surface area contributed by atoms with Crippen LogP contribution in [0.1, 0.15) is 43.7 Å². The molecule has 2 N–H and O–H groups in total. The Morgan fingerprint density at radius 1 is 1.11 bits per heavy atom. The zero-order chi connectivity index (χ0) is 24.9. The predicted molar refractivity (Wildman–Crippen MR) is 130 cm³/mol. The van der Waals surface area contributed by atoms with Gasteiger partial charge < -0.3 is 24.8 Å². The van der Waals surface area contributed by atoms with Crippen LogP contribution in [-0.4, -0.2) is 66.4 Å². The fourth-order valence-corrected chi connectivity index (χ4v) is 5.19. The molecule has 2 amide bonds. The van der Waals surface area contributed by atoms with Gasteiger partial charge in [0.1, 0.15) is 12.7 Å². The Morgan fingerprint density at radius 3 is 2.34 bits per heavy atom. The molecule has 2 aliphatic rings. The lowest BCUT2D eigenvalue weighted by Gasteiger charge is -2.31. The Morgan fingerprint density at radius 2 is 1.74 bits per heavy atom. The monoisotopic (exact) mass is 480 g/mol. The smallest absolute Gasteiger partial charge is 0.407 e. The number of hydrogen-bond donors (Lipinski definition) is 2. The summed E-state index contributed by atoms with van der Waals surface area (Å²) in [6.45, 7) is 4.80. The van der Waals surface area contributed by atoms with E-state index in [9.17, 15) is 14.4 Å². The Balaban J connectivity index is 1.32. The average Bonchev–Trinajstić information content (AvgIpc) is 3.44. The lowest BCUT2D eigenvalue weighted by Crippen LogP contribution is -2.48. The van der Waals surface area contributed by atoms with E-state index in [1.54, 1.807) is 6.92 Å². The number of rotatable bonds is 9. The Hall–Kier alpha value is -3.39. The number of carbonyl (C=O) groups excluding carboxylic acids is 2. The van der Waals surface area contributed by atoms with Crippen molar-refractivity contribution in [3.05, 3.63) is 59.7 Å². The number of nitrogens with one attached hydrogen (secondary N) is 1. The first-order chi connectivity index (χ1) is 16.9. The van der Waals surface area contributed by atoms with Gasteiger partial charge in [-0.05, 0) is 42.5 Å². The van der Waals surface area contributed by atoms with Crippen LogP contribution in [0.25, 0.3) is 11.1 Å². The van der Waals surface area contributed by atoms with Gasteiger partial charge in [0, 0.05) is 37.6 Å². The third-order valence-electron chi connectivity index (χ3n) is 6.94. The van der Waals surface area contributed by atoms with Crippen LogP contribution in [0.2, 0.25) is 0 Å². The third-order valence-corrected chi connectivity index (χ3v) is 6.94. The van der Waals surface area contributed by atoms with Crippen molar-refractivity contribution in [1.29, 1.82) is 0 Å². The summed E-state index contributed by atoms with van der Waals surface area (Å²) in [7, 11) is 0. The summed E-state index contributed by atoms with van der Waals surface area (Å²) in [5.41, 5.74) is 4.62. The van der Waals surface area contributed by atoms with Crippen LogP contribution in [0.3, 0.4) is 0 Å². The van der Waals surface area contributed by atoms with Crippen LogP contribution >= 0.6 is 0 Å². The molecule has 8 heteroatoms. The molecular weight excluding hydrogens is 448 g/mol. The van der Waals surface area contributed by atoms with E-state index in [1.807, 2.05) is 31.2 Å². The van der Waals surface area contributed by atoms with Crippen molar-refractivity contribution in [2.45, 2.75) is 44.8 Å². The second-order valence-electron chi connectivity index (χ2n) is 9.12. The molecule has 1 unspecified atom stereocenters. The van der Waals surface area contributed by atoms with E-state index in [0.29, 0.717) is 19.6 Å². The normalized spacial score (nSPS) is 19.5. The molecule has 3 atom stereocenters. The van der Waals surface area contributed by atoms with Gasteiger partial charge in [-0.1, -0.05) is 48.5 Å². The number of likely N-dealkylation sites (N-methyl/N-ethyl adjacent to an activating group) is 1. The Bertz CT molecular complexity index is 1040. The van der Waals surface area contributed by atoms with Gasteiger partial charge in [0.2, 0.25) is 0 Å². The van der Waals surface area contributed by atoms with Crippen molar-refractivity contribution in [3.63, 3.8) is 0 Å². The number of alkyl carbamates (subject to hydrolysis) is 1. The summed E-state index contributed by atoms with van der Waals surface area (Å²) in [6, 6.07) is 15.9. The summed E-state index contributed by atoms with van der Waals surface area (Å²) in [4.78, 5) is 38.2. The standard InChI is InChI=1S/C27H32N2O6/c1-3-29(17(2)14-24(30)31)26(32)25-18(12-13-34-25)15-28-27(33)35-16-23-21-10-6-4-8-19(21)20-9-5-7-11-22(20)23/h4-11,17-18,23,25H,3,12-16H2,1-2H3,(H,28,33)(H,30,31)/t17?,18-,25-/m1/s1. The maximum Gasteiger partial charge on any atom is 0.407 e. The number of carbonyl (C=O) groups is 3. The van der Waals surface area contributed by atoms with E-state index < -0.39 is 24.2 Å². The molecular formula is C27H32N2O6. The van der Waals surface area contributed by atoms with Crippen molar-refractivity contribution in [2.24, 2.45) is 5.92 Å². The molecule has 2 aromatic rings. The van der Waals surface area contributed by atoms with Gasteiger partial charge in [-0.3, -0.25) is 9.59 Å². The molecule has 4 rings (SSSR count). The minimum Gasteiger partial charge on any atom is -0.481 e. The average molecular weight is 481 g/mol. The molecule has 2 aromatic carbocycles. The zero-order valence-electron chi connectivity index (χ0n) is 20.1. The fourth-order valence-electron chi connectivity index (χ4n) is 5.19. The van der Waals surface area contributed by atoms with E-state index in [4.69, 9.17) is 14.6 Å². The predicted octanol–water partition coefficient (Wildman–Crippen LogP) is 3.64. The van der Waals surface area contributed by atoms with Gasteiger partial charge in [0.25, 0.3) is 5.91 Å². The molecule has 186 valence electrons. The largest absolute Gasteiger partial charge is 0.481 e. The van der Waals surface area contributed by atoms with E-state index in [1.165, 1.54) is 16.0 Å². The number of carboxylic acids is 1. The van der Waals surface area contributed by atoms with Gasteiger partial charge in [0.05, 0.1) is 6.42 Å². The maximum atomic E-state index is 13.1. The minimum atomic E-state index is -0.954. The summed E-state index contributed by atoms with van der Waals surface area (Å²) >= 11 is 0. The van der Waals surface area contributed by atoms with Gasteiger partial charge in [-0.2, -0.15) is 0 Å². The minimum absolute atomic E-state index is 0.0221. The molecule has 0 radical (unpaired) electrons. The summed E-state index contributed by atoms with van der Waals surface area (Å²) in [6.07, 6.45) is -0.739. The molecule has 0 spiro atoms. The first kappa shape index (κ1) is 24.7. The lowest BCUT2D eigenvalue weighted by atomic mass is 9.98. The van der Waals surface area contributed by atoms with Crippen molar-refractivity contribution < 1.29 is 29.0 Å². The second kappa shape index (κ2) is 10.9. The van der Waals surface area contributed by atoms with Crippen molar-refractivity contribution in [3.8, 4) is 11.1 Å². The van der Waals surface area contributed by atoms with Crippen LogP contribution in [-0.2, 0) is 19.1 Å². The first-order valence-electron chi connectivity index (χ1n) is 12.1. The number of hydrogen-bond acceptors (Lipinski definition) is 5. The topological polar surface area (TPSA) is 105 Å².